The number of carbonyl (C=O) groups is 2. The van der Waals surface area contributed by atoms with Crippen LogP contribution in [0.3, 0.4) is 0 Å². The molecule has 6 heteroatoms. The molecule has 1 N–H and O–H groups in total. The maximum absolute atomic E-state index is 12.8. The molecule has 0 radical (unpaired) electrons. The number of carbonyl (C=O) groups excluding carboxylic acids is 2. The molecule has 0 aliphatic rings. The number of fused-ring (bicyclic) bond motifs is 1. The van der Waals surface area contributed by atoms with Crippen LogP contribution in [-0.2, 0) is 6.54 Å². The molecule has 0 aliphatic carbocycles. The van der Waals surface area contributed by atoms with Crippen LogP contribution in [0.4, 0.5) is 0 Å². The van der Waals surface area contributed by atoms with Crippen LogP contribution in [0.2, 0.25) is 0 Å². The van der Waals surface area contributed by atoms with Crippen LogP contribution in [-0.4, -0.2) is 30.8 Å². The van der Waals surface area contributed by atoms with Crippen molar-refractivity contribution in [1.29, 1.82) is 0 Å². The van der Waals surface area contributed by atoms with E-state index < -0.39 is 0 Å². The molecule has 134 valence electrons. The van der Waals surface area contributed by atoms with Crippen molar-refractivity contribution in [2.75, 3.05) is 14.1 Å². The Labute approximate surface area is 160 Å². The van der Waals surface area contributed by atoms with Gasteiger partial charge in [-0.2, -0.15) is 0 Å². The number of nitrogens with one attached hydrogen (secondary N) is 1. The number of hydrogen-bond donors (Lipinski definition) is 1. The molecule has 3 aromatic rings. The fourth-order valence-corrected chi connectivity index (χ4v) is 3.18. The first kappa shape index (κ1) is 18.2. The van der Waals surface area contributed by atoms with Crippen molar-refractivity contribution in [1.82, 2.24) is 10.2 Å². The van der Waals surface area contributed by atoms with E-state index in [-0.39, 0.29) is 11.8 Å². The van der Waals surface area contributed by atoms with Crippen LogP contribution in [0.25, 0.3) is 11.0 Å². The summed E-state index contributed by atoms with van der Waals surface area (Å²) < 4.78 is 6.72. The first-order valence-corrected chi connectivity index (χ1v) is 8.95. The van der Waals surface area contributed by atoms with Crippen molar-refractivity contribution in [3.63, 3.8) is 0 Å². The largest absolute Gasteiger partial charge is 0.451 e. The average Bonchev–Trinajstić information content (AvgIpc) is 2.97. The molecule has 5 nitrogen and oxygen atoms in total. The average molecular weight is 415 g/mol. The summed E-state index contributed by atoms with van der Waals surface area (Å²) in [7, 11) is 3.33. The summed E-state index contributed by atoms with van der Waals surface area (Å²) in [6.45, 7) is 2.31. The molecule has 0 spiro atoms. The Morgan fingerprint density at radius 3 is 2.50 bits per heavy atom. The Kier molecular flexibility index (Phi) is 5.13. The highest BCUT2D eigenvalue weighted by atomic mass is 79.9. The minimum atomic E-state index is -0.176. The Bertz CT molecular complexity index is 977. The highest BCUT2D eigenvalue weighted by molar-refractivity contribution is 9.10. The molecular weight excluding hydrogens is 396 g/mol. The van der Waals surface area contributed by atoms with Gasteiger partial charge in [0.1, 0.15) is 5.58 Å². The van der Waals surface area contributed by atoms with Crippen molar-refractivity contribution in [3.05, 3.63) is 69.4 Å². The molecule has 0 atom stereocenters. The number of halogens is 1. The predicted molar refractivity (Wildman–Crippen MR) is 104 cm³/mol. The Morgan fingerprint density at radius 1 is 1.15 bits per heavy atom. The van der Waals surface area contributed by atoms with Crippen LogP contribution in [0.5, 0.6) is 0 Å². The molecule has 0 saturated heterocycles. The van der Waals surface area contributed by atoms with Crippen LogP contribution < -0.4 is 5.32 Å². The summed E-state index contributed by atoms with van der Waals surface area (Å²) in [6.07, 6.45) is 0. The lowest BCUT2D eigenvalue weighted by atomic mass is 10.1. The third kappa shape index (κ3) is 3.51. The molecule has 0 saturated carbocycles. The van der Waals surface area contributed by atoms with E-state index in [9.17, 15) is 9.59 Å². The second-order valence-corrected chi connectivity index (χ2v) is 7.05. The van der Waals surface area contributed by atoms with Crippen LogP contribution in [0.15, 0.2) is 51.4 Å². The zero-order valence-electron chi connectivity index (χ0n) is 14.8. The highest BCUT2D eigenvalue weighted by Crippen LogP contribution is 2.28. The zero-order chi connectivity index (χ0) is 18.8. The van der Waals surface area contributed by atoms with E-state index in [0.717, 1.165) is 21.0 Å². The topological polar surface area (TPSA) is 62.6 Å². The van der Waals surface area contributed by atoms with E-state index in [2.05, 4.69) is 21.2 Å². The van der Waals surface area contributed by atoms with Gasteiger partial charge in [-0.1, -0.05) is 28.1 Å². The van der Waals surface area contributed by atoms with Gasteiger partial charge in [-0.3, -0.25) is 9.59 Å². The third-order valence-electron chi connectivity index (χ3n) is 4.30. The second-order valence-electron chi connectivity index (χ2n) is 6.13. The number of rotatable bonds is 4. The molecular formula is C20H19BrN2O3. The fraction of sp³-hybridized carbons (Fsp3) is 0.200. The van der Waals surface area contributed by atoms with Gasteiger partial charge in [-0.25, -0.2) is 0 Å². The van der Waals surface area contributed by atoms with Gasteiger partial charge < -0.3 is 14.6 Å². The van der Waals surface area contributed by atoms with Gasteiger partial charge in [0.05, 0.1) is 0 Å². The number of furan rings is 1. The number of nitrogens with zero attached hydrogens (tertiary/aromatic N) is 1. The van der Waals surface area contributed by atoms with Crippen LogP contribution in [0.1, 0.15) is 32.0 Å². The standard InChI is InChI=1S/C20H19BrN2O3/c1-12-16-10-15(21)8-9-17(16)26-18(12)20(25)23(3)11-13-4-6-14(7-5-13)19(24)22-2/h4-10H,11H2,1-3H3,(H,22,24). The van der Waals surface area contributed by atoms with Crippen molar-refractivity contribution in [2.24, 2.45) is 0 Å². The first-order valence-electron chi connectivity index (χ1n) is 8.16. The van der Waals surface area contributed by atoms with E-state index in [1.807, 2.05) is 37.3 Å². The molecule has 2 aromatic carbocycles. The van der Waals surface area contributed by atoms with Crippen molar-refractivity contribution >= 4 is 38.7 Å². The Balaban J connectivity index is 1.80. The lowest BCUT2D eigenvalue weighted by Gasteiger charge is -2.16. The van der Waals surface area contributed by atoms with E-state index >= 15 is 0 Å². The normalized spacial score (nSPS) is 10.8. The number of benzene rings is 2. The molecule has 0 aliphatic heterocycles. The van der Waals surface area contributed by atoms with Gasteiger partial charge in [-0.15, -0.1) is 0 Å². The summed E-state index contributed by atoms with van der Waals surface area (Å²) in [6, 6.07) is 12.9. The summed E-state index contributed by atoms with van der Waals surface area (Å²) in [5.41, 5.74) is 3.04. The van der Waals surface area contributed by atoms with E-state index in [1.165, 1.54) is 0 Å². The quantitative estimate of drug-likeness (QED) is 0.697. The Hall–Kier alpha value is -2.60. The van der Waals surface area contributed by atoms with Gasteiger partial charge in [0.2, 0.25) is 0 Å². The molecule has 0 bridgehead atoms. The van der Waals surface area contributed by atoms with Gasteiger partial charge in [0.25, 0.3) is 11.8 Å². The summed E-state index contributed by atoms with van der Waals surface area (Å²) in [4.78, 5) is 26.0. The minimum Gasteiger partial charge on any atom is -0.451 e. The van der Waals surface area contributed by atoms with Gasteiger partial charge in [0.15, 0.2) is 5.76 Å². The first-order chi connectivity index (χ1) is 12.4. The lowest BCUT2D eigenvalue weighted by Crippen LogP contribution is -2.26. The van der Waals surface area contributed by atoms with Crippen molar-refractivity contribution in [3.8, 4) is 0 Å². The molecule has 0 fully saturated rings. The maximum atomic E-state index is 12.8. The smallest absolute Gasteiger partial charge is 0.289 e. The van der Waals surface area contributed by atoms with E-state index in [1.54, 1.807) is 31.1 Å². The molecule has 26 heavy (non-hydrogen) atoms. The van der Waals surface area contributed by atoms with Crippen LogP contribution >= 0.6 is 15.9 Å². The highest BCUT2D eigenvalue weighted by Gasteiger charge is 2.21. The number of hydrogen-bond acceptors (Lipinski definition) is 3. The lowest BCUT2D eigenvalue weighted by molar-refractivity contribution is 0.0754. The van der Waals surface area contributed by atoms with Gasteiger partial charge in [-0.05, 0) is 42.8 Å². The summed E-state index contributed by atoms with van der Waals surface area (Å²) >= 11 is 3.44. The fourth-order valence-electron chi connectivity index (χ4n) is 2.82. The second kappa shape index (κ2) is 7.33. The van der Waals surface area contributed by atoms with Gasteiger partial charge in [0, 0.05) is 41.6 Å². The number of amides is 2. The minimum absolute atomic E-state index is 0.134. The van der Waals surface area contributed by atoms with E-state index in [4.69, 9.17) is 4.42 Å². The SMILES string of the molecule is CNC(=O)c1ccc(CN(C)C(=O)c2oc3ccc(Br)cc3c2C)cc1. The number of aryl methyl sites for hydroxylation is 1. The Morgan fingerprint density at radius 2 is 1.85 bits per heavy atom. The van der Waals surface area contributed by atoms with Crippen LogP contribution in [0, 0.1) is 6.92 Å². The summed E-state index contributed by atoms with van der Waals surface area (Å²) in [5, 5.41) is 3.51. The van der Waals surface area contributed by atoms with E-state index in [0.29, 0.717) is 23.5 Å². The molecule has 0 unspecified atom stereocenters. The van der Waals surface area contributed by atoms with Crippen molar-refractivity contribution < 1.29 is 14.0 Å². The predicted octanol–water partition coefficient (Wildman–Crippen LogP) is 4.14. The van der Waals surface area contributed by atoms with Gasteiger partial charge >= 0.3 is 0 Å². The monoisotopic (exact) mass is 414 g/mol. The zero-order valence-corrected chi connectivity index (χ0v) is 16.4. The third-order valence-corrected chi connectivity index (χ3v) is 4.80. The molecule has 1 aromatic heterocycles. The summed E-state index contributed by atoms with van der Waals surface area (Å²) in [5.74, 6) is 0.0397. The van der Waals surface area contributed by atoms with Crippen molar-refractivity contribution in [2.45, 2.75) is 13.5 Å². The molecule has 1 heterocycles. The molecule has 2 amide bonds. The molecule has 3 rings (SSSR count). The maximum Gasteiger partial charge on any atom is 0.289 e.